The van der Waals surface area contributed by atoms with Crippen molar-refractivity contribution in [2.75, 3.05) is 6.54 Å². The molecule has 3 rings (SSSR count). The van der Waals surface area contributed by atoms with Crippen LogP contribution < -0.4 is 10.6 Å². The number of rotatable bonds is 5. The van der Waals surface area contributed by atoms with Gasteiger partial charge >= 0.3 is 0 Å². The summed E-state index contributed by atoms with van der Waals surface area (Å²) in [6.07, 6.45) is 1.55. The molecule has 7 nitrogen and oxygen atoms in total. The van der Waals surface area contributed by atoms with E-state index < -0.39 is 6.04 Å². The molecule has 1 atom stereocenters. The molecule has 0 aliphatic carbocycles. The van der Waals surface area contributed by atoms with Crippen LogP contribution >= 0.6 is 11.8 Å². The van der Waals surface area contributed by atoms with Gasteiger partial charge < -0.3 is 15.2 Å². The normalized spacial score (nSPS) is 17.4. The first-order valence-electron chi connectivity index (χ1n) is 7.72. The van der Waals surface area contributed by atoms with Gasteiger partial charge in [0.1, 0.15) is 6.04 Å². The van der Waals surface area contributed by atoms with Crippen LogP contribution in [0.5, 0.6) is 0 Å². The van der Waals surface area contributed by atoms with E-state index in [0.717, 1.165) is 11.3 Å². The minimum absolute atomic E-state index is 0.114. The van der Waals surface area contributed by atoms with Crippen LogP contribution in [0.3, 0.4) is 0 Å². The van der Waals surface area contributed by atoms with Crippen molar-refractivity contribution in [3.8, 4) is 0 Å². The molecule has 1 aromatic heterocycles. The molecule has 24 heavy (non-hydrogen) atoms. The molecule has 2 amide bonds. The zero-order valence-corrected chi connectivity index (χ0v) is 14.1. The van der Waals surface area contributed by atoms with Crippen LogP contribution in [0.15, 0.2) is 33.7 Å². The Labute approximate surface area is 143 Å². The number of nitrogens with one attached hydrogen (secondary N) is 2. The van der Waals surface area contributed by atoms with E-state index >= 15 is 0 Å². The summed E-state index contributed by atoms with van der Waals surface area (Å²) in [6.45, 7) is 2.45. The van der Waals surface area contributed by atoms with Gasteiger partial charge in [0.15, 0.2) is 5.82 Å². The Morgan fingerprint density at radius 2 is 2.21 bits per heavy atom. The van der Waals surface area contributed by atoms with Gasteiger partial charge in [-0.3, -0.25) is 9.59 Å². The standard InChI is InChI=1S/C16H18N4O3S/c1-10-18-14(23-20-10)9-24-12-6-4-11(5-7-12)15(21)19-13-3-2-8-17-16(13)22/h4-7,13H,2-3,8-9H2,1H3,(H,17,22)(H,19,21)/t13-/m0/s1. The van der Waals surface area contributed by atoms with E-state index in [9.17, 15) is 9.59 Å². The lowest BCUT2D eigenvalue weighted by Crippen LogP contribution is -2.50. The lowest BCUT2D eigenvalue weighted by Gasteiger charge is -2.22. The Hall–Kier alpha value is -2.35. The van der Waals surface area contributed by atoms with Crippen molar-refractivity contribution in [1.82, 2.24) is 20.8 Å². The number of piperidine rings is 1. The molecule has 0 unspecified atom stereocenters. The number of hydrogen-bond acceptors (Lipinski definition) is 6. The summed E-state index contributed by atoms with van der Waals surface area (Å²) in [5.74, 6) is 1.42. The van der Waals surface area contributed by atoms with Crippen LogP contribution in [0.25, 0.3) is 0 Å². The van der Waals surface area contributed by atoms with Crippen molar-refractivity contribution in [2.24, 2.45) is 0 Å². The van der Waals surface area contributed by atoms with Crippen LogP contribution in [0.1, 0.15) is 34.9 Å². The summed E-state index contributed by atoms with van der Waals surface area (Å²) in [4.78, 5) is 29.0. The maximum atomic E-state index is 12.2. The molecular formula is C16H18N4O3S. The minimum atomic E-state index is -0.443. The lowest BCUT2D eigenvalue weighted by molar-refractivity contribution is -0.124. The fourth-order valence-corrected chi connectivity index (χ4v) is 3.13. The molecule has 1 aliphatic heterocycles. The number of nitrogens with zero attached hydrogens (tertiary/aromatic N) is 2. The highest BCUT2D eigenvalue weighted by Gasteiger charge is 2.23. The van der Waals surface area contributed by atoms with E-state index in [4.69, 9.17) is 4.52 Å². The zero-order valence-electron chi connectivity index (χ0n) is 13.2. The summed E-state index contributed by atoms with van der Waals surface area (Å²) in [5, 5.41) is 9.27. The van der Waals surface area contributed by atoms with E-state index in [0.29, 0.717) is 36.0 Å². The molecule has 1 aliphatic rings. The largest absolute Gasteiger partial charge is 0.354 e. The van der Waals surface area contributed by atoms with Crippen molar-refractivity contribution in [1.29, 1.82) is 0 Å². The average Bonchev–Trinajstić information content (AvgIpc) is 3.01. The maximum absolute atomic E-state index is 12.2. The second kappa shape index (κ2) is 7.48. The second-order valence-electron chi connectivity index (χ2n) is 5.51. The fraction of sp³-hybridized carbons (Fsp3) is 0.375. The summed E-state index contributed by atoms with van der Waals surface area (Å²) in [6, 6.07) is 6.78. The van der Waals surface area contributed by atoms with Gasteiger partial charge in [0.05, 0.1) is 5.75 Å². The number of aromatic nitrogens is 2. The topological polar surface area (TPSA) is 97.1 Å². The van der Waals surface area contributed by atoms with Gasteiger partial charge in [-0.25, -0.2) is 0 Å². The molecule has 0 spiro atoms. The monoisotopic (exact) mass is 346 g/mol. The molecule has 1 aromatic carbocycles. The highest BCUT2D eigenvalue weighted by Crippen LogP contribution is 2.22. The van der Waals surface area contributed by atoms with Crippen molar-refractivity contribution >= 4 is 23.6 Å². The van der Waals surface area contributed by atoms with Gasteiger partial charge in [0, 0.05) is 17.0 Å². The number of carbonyl (C=O) groups excluding carboxylic acids is 2. The summed E-state index contributed by atoms with van der Waals surface area (Å²) in [5.41, 5.74) is 0.534. The Balaban J connectivity index is 1.55. The third kappa shape index (κ3) is 4.14. The van der Waals surface area contributed by atoms with E-state index in [2.05, 4.69) is 20.8 Å². The minimum Gasteiger partial charge on any atom is -0.354 e. The Kier molecular flexibility index (Phi) is 5.14. The molecule has 2 heterocycles. The second-order valence-corrected chi connectivity index (χ2v) is 6.56. The zero-order chi connectivity index (χ0) is 16.9. The molecule has 0 radical (unpaired) electrons. The molecule has 0 saturated carbocycles. The first-order valence-corrected chi connectivity index (χ1v) is 8.71. The molecule has 1 fully saturated rings. The summed E-state index contributed by atoms with van der Waals surface area (Å²) < 4.78 is 5.06. The molecule has 2 N–H and O–H groups in total. The van der Waals surface area contributed by atoms with Crippen molar-refractivity contribution in [3.05, 3.63) is 41.5 Å². The van der Waals surface area contributed by atoms with Crippen LogP contribution in [0, 0.1) is 6.92 Å². The van der Waals surface area contributed by atoms with Crippen LogP contribution in [-0.4, -0.2) is 34.5 Å². The molecule has 8 heteroatoms. The number of thioether (sulfide) groups is 1. The maximum Gasteiger partial charge on any atom is 0.251 e. The molecule has 2 aromatic rings. The predicted octanol–water partition coefficient (Wildman–Crippen LogP) is 1.68. The SMILES string of the molecule is Cc1noc(CSc2ccc(C(=O)N[C@H]3CCCNC3=O)cc2)n1. The van der Waals surface area contributed by atoms with Crippen molar-refractivity contribution < 1.29 is 14.1 Å². The van der Waals surface area contributed by atoms with E-state index in [-0.39, 0.29) is 11.8 Å². The van der Waals surface area contributed by atoms with Crippen LogP contribution in [-0.2, 0) is 10.5 Å². The van der Waals surface area contributed by atoms with Gasteiger partial charge in [-0.1, -0.05) is 5.16 Å². The van der Waals surface area contributed by atoms with Gasteiger partial charge in [-0.15, -0.1) is 11.8 Å². The number of benzene rings is 1. The van der Waals surface area contributed by atoms with Crippen LogP contribution in [0.2, 0.25) is 0 Å². The van der Waals surface area contributed by atoms with Crippen LogP contribution in [0.4, 0.5) is 0 Å². The van der Waals surface area contributed by atoms with E-state index in [1.165, 1.54) is 0 Å². The molecule has 126 valence electrons. The highest BCUT2D eigenvalue weighted by atomic mass is 32.2. The number of amides is 2. The fourth-order valence-electron chi connectivity index (χ4n) is 2.40. The number of hydrogen-bond donors (Lipinski definition) is 2. The van der Waals surface area contributed by atoms with E-state index in [1.807, 2.05) is 12.1 Å². The van der Waals surface area contributed by atoms with Gasteiger partial charge in [-0.05, 0) is 44.0 Å². The third-order valence-corrected chi connectivity index (χ3v) is 4.64. The Morgan fingerprint density at radius 1 is 1.42 bits per heavy atom. The number of carbonyl (C=O) groups is 2. The first-order chi connectivity index (χ1) is 11.6. The lowest BCUT2D eigenvalue weighted by atomic mass is 10.1. The van der Waals surface area contributed by atoms with E-state index in [1.54, 1.807) is 30.8 Å². The summed E-state index contributed by atoms with van der Waals surface area (Å²) >= 11 is 1.55. The first kappa shape index (κ1) is 16.5. The van der Waals surface area contributed by atoms with Gasteiger partial charge in [0.25, 0.3) is 5.91 Å². The van der Waals surface area contributed by atoms with Crippen molar-refractivity contribution in [2.45, 2.75) is 36.5 Å². The quantitative estimate of drug-likeness (QED) is 0.800. The highest BCUT2D eigenvalue weighted by molar-refractivity contribution is 7.98. The Bertz CT molecular complexity index is 729. The number of aryl methyl sites for hydroxylation is 1. The summed E-state index contributed by atoms with van der Waals surface area (Å²) in [7, 11) is 0. The third-order valence-electron chi connectivity index (χ3n) is 3.64. The average molecular weight is 346 g/mol. The predicted molar refractivity (Wildman–Crippen MR) is 88.5 cm³/mol. The molecule has 0 bridgehead atoms. The Morgan fingerprint density at radius 3 is 2.88 bits per heavy atom. The van der Waals surface area contributed by atoms with Crippen molar-refractivity contribution in [3.63, 3.8) is 0 Å². The molecular weight excluding hydrogens is 328 g/mol. The van der Waals surface area contributed by atoms with Gasteiger partial charge in [-0.2, -0.15) is 4.98 Å². The molecule has 1 saturated heterocycles. The van der Waals surface area contributed by atoms with Gasteiger partial charge in [0.2, 0.25) is 11.8 Å². The smallest absolute Gasteiger partial charge is 0.251 e.